The monoisotopic (exact) mass is 401 g/mol. The van der Waals surface area contributed by atoms with E-state index >= 15 is 0 Å². The van der Waals surface area contributed by atoms with Gasteiger partial charge in [-0.3, -0.25) is 9.59 Å². The molecule has 0 aliphatic carbocycles. The van der Waals surface area contributed by atoms with Crippen molar-refractivity contribution >= 4 is 23.3 Å². The summed E-state index contributed by atoms with van der Waals surface area (Å²) in [5.41, 5.74) is 4.30. The van der Waals surface area contributed by atoms with Crippen LogP contribution >= 0.6 is 0 Å². The van der Waals surface area contributed by atoms with Gasteiger partial charge in [-0.2, -0.15) is 5.26 Å². The van der Waals surface area contributed by atoms with Crippen molar-refractivity contribution in [3.63, 3.8) is 0 Å². The van der Waals surface area contributed by atoms with E-state index in [0.29, 0.717) is 11.3 Å². The van der Waals surface area contributed by atoms with Crippen molar-refractivity contribution in [1.82, 2.24) is 0 Å². The number of hydrogen-bond donors (Lipinski definition) is 2. The number of carbonyl (C=O) groups excluding carboxylic acids is 3. The van der Waals surface area contributed by atoms with Gasteiger partial charge < -0.3 is 20.5 Å². The van der Waals surface area contributed by atoms with Gasteiger partial charge in [-0.25, -0.2) is 4.79 Å². The van der Waals surface area contributed by atoms with Gasteiger partial charge >= 0.3 is 5.97 Å². The highest BCUT2D eigenvalue weighted by molar-refractivity contribution is 6.24. The van der Waals surface area contributed by atoms with Crippen molar-refractivity contribution in [3.8, 4) is 6.07 Å². The maximum absolute atomic E-state index is 13.6. The number of esters is 1. The van der Waals surface area contributed by atoms with Crippen LogP contribution in [-0.2, 0) is 24.5 Å². The van der Waals surface area contributed by atoms with Crippen LogP contribution in [0.5, 0.6) is 0 Å². The van der Waals surface area contributed by atoms with E-state index in [1.807, 2.05) is 6.07 Å². The van der Waals surface area contributed by atoms with Crippen molar-refractivity contribution in [2.24, 2.45) is 5.73 Å². The molecular formula is C22H15N3O5. The van der Waals surface area contributed by atoms with Crippen LogP contribution < -0.4 is 11.1 Å². The van der Waals surface area contributed by atoms with Crippen molar-refractivity contribution in [2.75, 3.05) is 12.4 Å². The topological polar surface area (TPSA) is 132 Å². The fourth-order valence-electron chi connectivity index (χ4n) is 3.83. The van der Waals surface area contributed by atoms with Crippen molar-refractivity contribution in [1.29, 1.82) is 5.26 Å². The largest absolute Gasteiger partial charge is 0.463 e. The smallest absolute Gasteiger partial charge is 0.374 e. The Morgan fingerprint density at radius 3 is 2.47 bits per heavy atom. The molecule has 4 rings (SSSR count). The number of nitrogens with two attached hydrogens (primary N) is 1. The first kappa shape index (κ1) is 19.0. The molecule has 1 atom stereocenters. The van der Waals surface area contributed by atoms with Crippen LogP contribution in [0.3, 0.4) is 0 Å². The summed E-state index contributed by atoms with van der Waals surface area (Å²) >= 11 is 0. The number of fused-ring (bicyclic) bond motifs is 2. The number of amides is 1. The summed E-state index contributed by atoms with van der Waals surface area (Å²) in [6.07, 6.45) is 0. The standard InChI is InChI=1S/C22H15N3O5/c1-29-20(27)18-16(17(26)12-7-3-2-4-8-12)22(14(11-23)19(24)30-18)13-9-5-6-10-15(13)25-21(22)28/h2-10H,24H2,1H3,(H,25,28). The van der Waals surface area contributed by atoms with E-state index < -0.39 is 34.7 Å². The number of Topliss-reactive ketones (excluding diaryl/α,β-unsaturated/α-hetero) is 1. The van der Waals surface area contributed by atoms with Gasteiger partial charge in [-0.1, -0.05) is 48.5 Å². The zero-order valence-electron chi connectivity index (χ0n) is 15.8. The quantitative estimate of drug-likeness (QED) is 0.593. The van der Waals surface area contributed by atoms with Gasteiger partial charge in [0.2, 0.25) is 17.5 Å². The number of para-hydroxylation sites is 1. The molecule has 3 N–H and O–H groups in total. The molecule has 2 heterocycles. The van der Waals surface area contributed by atoms with E-state index in [1.54, 1.807) is 42.5 Å². The third kappa shape index (κ3) is 2.42. The first-order valence-electron chi connectivity index (χ1n) is 8.88. The van der Waals surface area contributed by atoms with Crippen LogP contribution in [0.1, 0.15) is 15.9 Å². The number of ether oxygens (including phenoxy) is 2. The lowest BCUT2D eigenvalue weighted by atomic mass is 9.66. The predicted molar refractivity (Wildman–Crippen MR) is 104 cm³/mol. The number of hydrogen-bond acceptors (Lipinski definition) is 7. The van der Waals surface area contributed by atoms with E-state index in [0.717, 1.165) is 7.11 Å². The molecule has 0 bridgehead atoms. The molecule has 1 amide bonds. The van der Waals surface area contributed by atoms with Crippen LogP contribution in [-0.4, -0.2) is 24.8 Å². The summed E-state index contributed by atoms with van der Waals surface area (Å²) in [5.74, 6) is -3.33. The first-order chi connectivity index (χ1) is 14.5. The lowest BCUT2D eigenvalue weighted by Gasteiger charge is -2.34. The zero-order valence-corrected chi connectivity index (χ0v) is 15.8. The molecule has 1 unspecified atom stereocenters. The fourth-order valence-corrected chi connectivity index (χ4v) is 3.83. The van der Waals surface area contributed by atoms with Crippen LogP contribution in [0.2, 0.25) is 0 Å². The number of methoxy groups -OCH3 is 1. The van der Waals surface area contributed by atoms with E-state index in [-0.39, 0.29) is 16.7 Å². The first-order valence-corrected chi connectivity index (χ1v) is 8.88. The number of benzene rings is 2. The normalized spacial score (nSPS) is 19.7. The lowest BCUT2D eigenvalue weighted by molar-refractivity contribution is -0.139. The van der Waals surface area contributed by atoms with Gasteiger partial charge in [0.15, 0.2) is 5.78 Å². The maximum atomic E-state index is 13.6. The molecule has 0 saturated heterocycles. The summed E-state index contributed by atoms with van der Waals surface area (Å²) in [6.45, 7) is 0. The van der Waals surface area contributed by atoms with Gasteiger partial charge in [0, 0.05) is 16.8 Å². The second-order valence-electron chi connectivity index (χ2n) is 6.59. The molecule has 0 saturated carbocycles. The highest BCUT2D eigenvalue weighted by atomic mass is 16.6. The Hall–Kier alpha value is -4.38. The molecule has 8 nitrogen and oxygen atoms in total. The summed E-state index contributed by atoms with van der Waals surface area (Å²) in [4.78, 5) is 39.6. The molecule has 0 radical (unpaired) electrons. The molecule has 148 valence electrons. The SMILES string of the molecule is COC(=O)C1=C(C(=O)c2ccccc2)C2(C(=O)Nc3ccccc32)C(C#N)=C(N)O1. The second kappa shape index (κ2) is 6.90. The third-order valence-corrected chi connectivity index (χ3v) is 5.10. The zero-order chi connectivity index (χ0) is 21.5. The molecule has 2 aromatic rings. The third-order valence-electron chi connectivity index (χ3n) is 5.10. The lowest BCUT2D eigenvalue weighted by Crippen LogP contribution is -2.46. The predicted octanol–water partition coefficient (Wildman–Crippen LogP) is 1.91. The van der Waals surface area contributed by atoms with Crippen molar-refractivity contribution < 1.29 is 23.9 Å². The van der Waals surface area contributed by atoms with Crippen LogP contribution in [0.4, 0.5) is 5.69 Å². The fraction of sp³-hybridized carbons (Fsp3) is 0.0909. The highest BCUT2D eigenvalue weighted by Crippen LogP contribution is 2.52. The number of carbonyl (C=O) groups is 3. The second-order valence-corrected chi connectivity index (χ2v) is 6.59. The molecule has 2 aromatic carbocycles. The number of nitriles is 1. The number of nitrogens with one attached hydrogen (secondary N) is 1. The average Bonchev–Trinajstić information content (AvgIpc) is 3.05. The van der Waals surface area contributed by atoms with Gasteiger partial charge in [0.05, 0.1) is 12.7 Å². The maximum Gasteiger partial charge on any atom is 0.374 e. The Balaban J connectivity index is 2.13. The molecule has 30 heavy (non-hydrogen) atoms. The van der Waals surface area contributed by atoms with Gasteiger partial charge in [0.1, 0.15) is 17.1 Å². The molecule has 0 fully saturated rings. The molecule has 8 heteroatoms. The Morgan fingerprint density at radius 2 is 1.80 bits per heavy atom. The Morgan fingerprint density at radius 1 is 1.13 bits per heavy atom. The van der Waals surface area contributed by atoms with E-state index in [4.69, 9.17) is 15.2 Å². The van der Waals surface area contributed by atoms with Crippen molar-refractivity contribution in [3.05, 3.63) is 88.5 Å². The Bertz CT molecular complexity index is 1210. The van der Waals surface area contributed by atoms with Gasteiger partial charge in [-0.05, 0) is 6.07 Å². The Kier molecular flexibility index (Phi) is 4.36. The molecular weight excluding hydrogens is 386 g/mol. The van der Waals surface area contributed by atoms with Gasteiger partial charge in [-0.15, -0.1) is 0 Å². The summed E-state index contributed by atoms with van der Waals surface area (Å²) < 4.78 is 10.2. The van der Waals surface area contributed by atoms with Crippen LogP contribution in [0.25, 0.3) is 0 Å². The number of rotatable bonds is 3. The minimum absolute atomic E-state index is 0.201. The van der Waals surface area contributed by atoms with Gasteiger partial charge in [0.25, 0.3) is 0 Å². The summed E-state index contributed by atoms with van der Waals surface area (Å²) in [5, 5.41) is 12.6. The number of nitrogens with zero attached hydrogens (tertiary/aromatic N) is 1. The summed E-state index contributed by atoms with van der Waals surface area (Å²) in [6, 6.07) is 16.5. The Labute approximate surface area is 171 Å². The molecule has 0 aromatic heterocycles. The average molecular weight is 401 g/mol. The number of anilines is 1. The molecule has 2 aliphatic heterocycles. The van der Waals surface area contributed by atoms with Crippen LogP contribution in [0.15, 0.2) is 77.4 Å². The molecule has 1 spiro atoms. The number of ketones is 1. The van der Waals surface area contributed by atoms with E-state index in [1.165, 1.54) is 12.1 Å². The van der Waals surface area contributed by atoms with Crippen LogP contribution in [0, 0.1) is 11.3 Å². The van der Waals surface area contributed by atoms with E-state index in [2.05, 4.69) is 5.32 Å². The van der Waals surface area contributed by atoms with Crippen molar-refractivity contribution in [2.45, 2.75) is 5.41 Å². The van der Waals surface area contributed by atoms with E-state index in [9.17, 15) is 19.6 Å². The highest BCUT2D eigenvalue weighted by Gasteiger charge is 2.60. The minimum atomic E-state index is -1.95. The minimum Gasteiger partial charge on any atom is -0.463 e. The molecule has 2 aliphatic rings. The summed E-state index contributed by atoms with van der Waals surface area (Å²) in [7, 11) is 1.11.